The zero-order valence-electron chi connectivity index (χ0n) is 23.7. The van der Waals surface area contributed by atoms with Crippen molar-refractivity contribution >= 4 is 7.82 Å². The van der Waals surface area contributed by atoms with Crippen LogP contribution in [0.5, 0.6) is 0 Å². The van der Waals surface area contributed by atoms with E-state index in [1.165, 1.54) is 89.9 Å². The van der Waals surface area contributed by atoms with Gasteiger partial charge in [0.25, 0.3) is 0 Å². The molecular weight excluding hydrogens is 479 g/mol. The van der Waals surface area contributed by atoms with Gasteiger partial charge in [-0.25, -0.2) is 4.57 Å². The third-order valence-electron chi connectivity index (χ3n) is 6.11. The Morgan fingerprint density at radius 2 is 1.25 bits per heavy atom. The zero-order chi connectivity index (χ0) is 27.0. The molecule has 0 aromatic rings. The third-order valence-corrected chi connectivity index (χ3v) is 7.10. The lowest BCUT2D eigenvalue weighted by Gasteiger charge is -2.24. The van der Waals surface area contributed by atoms with E-state index in [2.05, 4.69) is 16.9 Å². The maximum absolute atomic E-state index is 12.0. The molecule has 0 radical (unpaired) electrons. The van der Waals surface area contributed by atoms with Gasteiger partial charge < -0.3 is 14.1 Å². The minimum atomic E-state index is -4.18. The molecule has 214 valence electrons. The van der Waals surface area contributed by atoms with Crippen LogP contribution in [0.3, 0.4) is 0 Å². The van der Waals surface area contributed by atoms with Crippen LogP contribution in [0.4, 0.5) is 0 Å². The van der Waals surface area contributed by atoms with Crippen LogP contribution in [0.1, 0.15) is 110 Å². The van der Waals surface area contributed by atoms with Crippen molar-refractivity contribution in [3.63, 3.8) is 0 Å². The number of azide groups is 1. The van der Waals surface area contributed by atoms with Crippen molar-refractivity contribution in [2.75, 3.05) is 54.1 Å². The highest BCUT2D eigenvalue weighted by Gasteiger charge is 2.24. The average Bonchev–Trinajstić information content (AvgIpc) is 2.80. The molecule has 10 heteroatoms. The second-order valence-corrected chi connectivity index (χ2v) is 12.3. The molecule has 9 nitrogen and oxygen atoms in total. The molecular formula is C26H56N4O5P+. The molecule has 1 N–H and O–H groups in total. The molecule has 0 aromatic heterocycles. The van der Waals surface area contributed by atoms with Crippen LogP contribution < -0.4 is 0 Å². The quantitative estimate of drug-likeness (QED) is 0.0288. The summed E-state index contributed by atoms with van der Waals surface area (Å²) in [7, 11) is 1.69. The predicted molar refractivity (Wildman–Crippen MR) is 148 cm³/mol. The molecule has 0 aliphatic carbocycles. The van der Waals surface area contributed by atoms with Gasteiger partial charge in [-0.15, -0.1) is 0 Å². The normalized spacial score (nSPS) is 14.4. The maximum atomic E-state index is 12.0. The summed E-state index contributed by atoms with van der Waals surface area (Å²) in [5.41, 5.74) is 8.73. The SMILES string of the molecule is CCCCCCCCCCCCCCCCCCOCC(COP(=O)(O)OCC[N+](C)(C)C)N=[N+]=[N-]. The number of hydrogen-bond donors (Lipinski definition) is 1. The van der Waals surface area contributed by atoms with E-state index in [9.17, 15) is 9.46 Å². The Bertz CT molecular complexity index is 597. The first-order chi connectivity index (χ1) is 17.2. The Balaban J connectivity index is 3.62. The fraction of sp³-hybridized carbons (Fsp3) is 1.00. The molecule has 0 bridgehead atoms. The first-order valence-electron chi connectivity index (χ1n) is 14.2. The summed E-state index contributed by atoms with van der Waals surface area (Å²) in [6, 6.07) is -0.668. The number of nitrogens with zero attached hydrogens (tertiary/aromatic N) is 4. The lowest BCUT2D eigenvalue weighted by molar-refractivity contribution is -0.870. The van der Waals surface area contributed by atoms with Gasteiger partial charge in [0.2, 0.25) is 0 Å². The fourth-order valence-corrected chi connectivity index (χ4v) is 4.55. The Morgan fingerprint density at radius 1 is 0.778 bits per heavy atom. The molecule has 0 aromatic carbocycles. The highest BCUT2D eigenvalue weighted by atomic mass is 31.2. The van der Waals surface area contributed by atoms with Crippen molar-refractivity contribution in [2.45, 2.75) is 116 Å². The van der Waals surface area contributed by atoms with Crippen LogP contribution in [0, 0.1) is 0 Å². The Morgan fingerprint density at radius 3 is 1.69 bits per heavy atom. The van der Waals surface area contributed by atoms with E-state index in [4.69, 9.17) is 19.3 Å². The summed E-state index contributed by atoms with van der Waals surface area (Å²) >= 11 is 0. The lowest BCUT2D eigenvalue weighted by Crippen LogP contribution is -2.37. The first-order valence-corrected chi connectivity index (χ1v) is 15.7. The molecule has 0 rings (SSSR count). The second kappa shape index (κ2) is 23.5. The van der Waals surface area contributed by atoms with Crippen molar-refractivity contribution in [1.29, 1.82) is 0 Å². The van der Waals surface area contributed by atoms with Crippen LogP contribution >= 0.6 is 7.82 Å². The molecule has 0 fully saturated rings. The number of phosphoric acid groups is 1. The van der Waals surface area contributed by atoms with E-state index in [0.29, 0.717) is 17.6 Å². The van der Waals surface area contributed by atoms with Crippen LogP contribution in [0.15, 0.2) is 5.11 Å². The minimum absolute atomic E-state index is 0.0964. The van der Waals surface area contributed by atoms with Gasteiger partial charge in [-0.3, -0.25) is 9.05 Å². The molecule has 0 saturated heterocycles. The van der Waals surface area contributed by atoms with E-state index < -0.39 is 13.9 Å². The Hall–Kier alpha value is -0.660. The number of unbranched alkanes of at least 4 members (excludes halogenated alkanes) is 15. The molecule has 0 aliphatic rings. The third kappa shape index (κ3) is 26.4. The van der Waals surface area contributed by atoms with E-state index >= 15 is 0 Å². The summed E-state index contributed by atoms with van der Waals surface area (Å²) < 4.78 is 28.1. The van der Waals surface area contributed by atoms with Gasteiger partial charge in [-0.2, -0.15) is 0 Å². The molecule has 2 atom stereocenters. The van der Waals surface area contributed by atoms with E-state index in [1.54, 1.807) is 0 Å². The van der Waals surface area contributed by atoms with Crippen LogP contribution in [-0.2, 0) is 18.3 Å². The zero-order valence-corrected chi connectivity index (χ0v) is 24.6. The summed E-state index contributed by atoms with van der Waals surface area (Å²) in [6.45, 7) is 3.44. The Labute approximate surface area is 221 Å². The lowest BCUT2D eigenvalue weighted by atomic mass is 10.0. The predicted octanol–water partition coefficient (Wildman–Crippen LogP) is 7.78. The molecule has 0 saturated carbocycles. The van der Waals surface area contributed by atoms with Gasteiger partial charge in [0.1, 0.15) is 13.2 Å². The molecule has 0 aliphatic heterocycles. The van der Waals surface area contributed by atoms with Gasteiger partial charge in [0.05, 0.1) is 40.4 Å². The highest BCUT2D eigenvalue weighted by Crippen LogP contribution is 2.43. The van der Waals surface area contributed by atoms with Crippen molar-refractivity contribution in [3.8, 4) is 0 Å². The van der Waals surface area contributed by atoms with Crippen molar-refractivity contribution in [1.82, 2.24) is 0 Å². The standard InChI is InChI=1S/C26H55N4O5P/c1-5-6-7-8-9-10-11-12-13-14-15-16-17-18-19-20-22-33-24-26(28-29-27)25-35-36(31,32)34-23-21-30(2,3)4/h26H,5-25H2,1-4H3/p+1. The molecule has 0 spiro atoms. The molecule has 36 heavy (non-hydrogen) atoms. The van der Waals surface area contributed by atoms with Gasteiger partial charge in [0.15, 0.2) is 0 Å². The number of ether oxygens (including phenoxy) is 1. The van der Waals surface area contributed by atoms with Crippen LogP contribution in [0.25, 0.3) is 10.4 Å². The summed E-state index contributed by atoms with van der Waals surface area (Å²) in [5, 5.41) is 3.60. The summed E-state index contributed by atoms with van der Waals surface area (Å²) in [4.78, 5) is 12.6. The topological polar surface area (TPSA) is 114 Å². The van der Waals surface area contributed by atoms with Crippen LogP contribution in [-0.4, -0.2) is 69.5 Å². The van der Waals surface area contributed by atoms with Gasteiger partial charge in [-0.1, -0.05) is 108 Å². The van der Waals surface area contributed by atoms with Gasteiger partial charge >= 0.3 is 7.82 Å². The number of phosphoric ester groups is 1. The van der Waals surface area contributed by atoms with E-state index in [-0.39, 0.29) is 19.8 Å². The van der Waals surface area contributed by atoms with E-state index in [0.717, 1.165) is 12.8 Å². The van der Waals surface area contributed by atoms with Crippen molar-refractivity contribution in [2.24, 2.45) is 5.11 Å². The number of rotatable bonds is 27. The second-order valence-electron chi connectivity index (χ2n) is 10.8. The van der Waals surface area contributed by atoms with Crippen LogP contribution in [0.2, 0.25) is 0 Å². The number of hydrogen-bond acceptors (Lipinski definition) is 5. The smallest absolute Gasteiger partial charge is 0.381 e. The summed E-state index contributed by atoms with van der Waals surface area (Å²) in [5.74, 6) is 0. The van der Waals surface area contributed by atoms with Gasteiger partial charge in [-0.05, 0) is 12.0 Å². The molecule has 0 heterocycles. The minimum Gasteiger partial charge on any atom is -0.381 e. The Kier molecular flexibility index (Phi) is 23.0. The van der Waals surface area contributed by atoms with Crippen molar-refractivity contribution in [3.05, 3.63) is 10.4 Å². The molecule has 0 amide bonds. The monoisotopic (exact) mass is 535 g/mol. The number of quaternary nitrogens is 1. The number of likely N-dealkylation sites (N-methyl/N-ethyl adjacent to an activating group) is 1. The average molecular weight is 536 g/mol. The fourth-order valence-electron chi connectivity index (χ4n) is 3.81. The maximum Gasteiger partial charge on any atom is 0.472 e. The van der Waals surface area contributed by atoms with Gasteiger partial charge in [0, 0.05) is 11.5 Å². The van der Waals surface area contributed by atoms with Crippen molar-refractivity contribution < 1.29 is 27.7 Å². The largest absolute Gasteiger partial charge is 0.472 e. The molecule has 2 unspecified atom stereocenters. The van der Waals surface area contributed by atoms with E-state index in [1.807, 2.05) is 21.1 Å². The summed E-state index contributed by atoms with van der Waals surface area (Å²) in [6.07, 6.45) is 21.1. The highest BCUT2D eigenvalue weighted by molar-refractivity contribution is 7.47. The first kappa shape index (κ1) is 35.3.